The summed E-state index contributed by atoms with van der Waals surface area (Å²) < 4.78 is 37.1. The number of hydrogen-bond donors (Lipinski definition) is 1. The molecule has 0 bridgehead atoms. The maximum absolute atomic E-state index is 12.4. The van der Waals surface area contributed by atoms with Crippen LogP contribution in [0.1, 0.15) is 45.4 Å². The molecule has 2 unspecified atom stereocenters. The van der Waals surface area contributed by atoms with Gasteiger partial charge in [-0.3, -0.25) is 4.90 Å². The lowest BCUT2D eigenvalue weighted by Gasteiger charge is -2.49. The van der Waals surface area contributed by atoms with Crippen molar-refractivity contribution in [2.45, 2.75) is 63.2 Å². The molecular formula is C15H25F3N2. The number of nitrogens with zero attached hydrogens (tertiary/aromatic N) is 1. The van der Waals surface area contributed by atoms with Gasteiger partial charge in [0, 0.05) is 31.1 Å². The molecular weight excluding hydrogens is 265 g/mol. The van der Waals surface area contributed by atoms with Crippen LogP contribution in [-0.2, 0) is 0 Å². The van der Waals surface area contributed by atoms with Crippen LogP contribution in [0.4, 0.5) is 13.2 Å². The molecule has 3 rings (SSSR count). The smallest absolute Gasteiger partial charge is 0.311 e. The molecule has 0 amide bonds. The van der Waals surface area contributed by atoms with Crippen LogP contribution in [0.5, 0.6) is 0 Å². The summed E-state index contributed by atoms with van der Waals surface area (Å²) in [5.74, 6) is 1.45. The molecule has 0 aromatic carbocycles. The van der Waals surface area contributed by atoms with E-state index in [9.17, 15) is 13.2 Å². The Balaban J connectivity index is 1.59. The first-order valence-electron chi connectivity index (χ1n) is 7.94. The highest BCUT2D eigenvalue weighted by molar-refractivity contribution is 5.06. The number of rotatable bonds is 5. The van der Waals surface area contributed by atoms with Crippen LogP contribution < -0.4 is 5.32 Å². The number of nitrogens with one attached hydrogen (secondary N) is 1. The van der Waals surface area contributed by atoms with Gasteiger partial charge in [-0.15, -0.1) is 0 Å². The Hall–Kier alpha value is -0.290. The van der Waals surface area contributed by atoms with E-state index in [2.05, 4.69) is 17.1 Å². The zero-order valence-corrected chi connectivity index (χ0v) is 12.2. The summed E-state index contributed by atoms with van der Waals surface area (Å²) in [6.07, 6.45) is 0.626. The summed E-state index contributed by atoms with van der Waals surface area (Å²) in [5.41, 5.74) is 0.0803. The Morgan fingerprint density at radius 3 is 2.45 bits per heavy atom. The summed E-state index contributed by atoms with van der Waals surface area (Å²) in [6, 6.07) is 0.507. The molecule has 2 nitrogen and oxygen atoms in total. The van der Waals surface area contributed by atoms with Crippen LogP contribution in [-0.4, -0.2) is 42.3 Å². The Morgan fingerprint density at radius 1 is 1.20 bits per heavy atom. The van der Waals surface area contributed by atoms with Crippen molar-refractivity contribution >= 4 is 0 Å². The molecule has 0 spiro atoms. The Labute approximate surface area is 119 Å². The Kier molecular flexibility index (Phi) is 3.78. The average molecular weight is 290 g/mol. The van der Waals surface area contributed by atoms with Crippen molar-refractivity contribution in [3.05, 3.63) is 0 Å². The summed E-state index contributed by atoms with van der Waals surface area (Å²) in [7, 11) is 0. The van der Waals surface area contributed by atoms with E-state index >= 15 is 0 Å². The monoisotopic (exact) mass is 290 g/mol. The fourth-order valence-corrected chi connectivity index (χ4v) is 3.70. The fraction of sp³-hybridized carbons (Fsp3) is 1.00. The van der Waals surface area contributed by atoms with Crippen molar-refractivity contribution in [1.29, 1.82) is 0 Å². The molecule has 20 heavy (non-hydrogen) atoms. The van der Waals surface area contributed by atoms with Crippen molar-refractivity contribution in [2.75, 3.05) is 19.6 Å². The molecule has 2 saturated carbocycles. The van der Waals surface area contributed by atoms with Gasteiger partial charge in [-0.25, -0.2) is 0 Å². The maximum atomic E-state index is 12.4. The number of piperazine rings is 1. The second-order valence-corrected chi connectivity index (χ2v) is 7.12. The summed E-state index contributed by atoms with van der Waals surface area (Å²) in [4.78, 5) is 2.37. The van der Waals surface area contributed by atoms with Crippen LogP contribution in [0.15, 0.2) is 0 Å². The third-order valence-corrected chi connectivity index (χ3v) is 5.40. The average Bonchev–Trinajstić information content (AvgIpc) is 3.22. The van der Waals surface area contributed by atoms with Gasteiger partial charge in [0.05, 0.1) is 0 Å². The molecule has 1 aliphatic heterocycles. The van der Waals surface area contributed by atoms with Crippen molar-refractivity contribution < 1.29 is 13.2 Å². The highest BCUT2D eigenvalue weighted by Gasteiger charge is 2.49. The molecule has 3 aliphatic rings. The maximum Gasteiger partial charge on any atom is 0.389 e. The van der Waals surface area contributed by atoms with Gasteiger partial charge in [0.1, 0.15) is 0 Å². The molecule has 3 fully saturated rings. The van der Waals surface area contributed by atoms with E-state index in [1.54, 1.807) is 0 Å². The normalized spacial score (nSPS) is 36.3. The lowest BCUT2D eigenvalue weighted by Crippen LogP contribution is -2.65. The van der Waals surface area contributed by atoms with Crippen LogP contribution >= 0.6 is 0 Å². The number of alkyl halides is 3. The van der Waals surface area contributed by atoms with Gasteiger partial charge in [-0.2, -0.15) is 13.2 Å². The van der Waals surface area contributed by atoms with Gasteiger partial charge in [0.2, 0.25) is 0 Å². The van der Waals surface area contributed by atoms with Crippen LogP contribution in [0.3, 0.4) is 0 Å². The highest BCUT2D eigenvalue weighted by atomic mass is 19.4. The molecule has 0 radical (unpaired) electrons. The number of hydrogen-bond acceptors (Lipinski definition) is 2. The quantitative estimate of drug-likeness (QED) is 0.836. The molecule has 0 aromatic rings. The minimum absolute atomic E-state index is 0.0803. The van der Waals surface area contributed by atoms with E-state index in [1.165, 1.54) is 25.7 Å². The van der Waals surface area contributed by atoms with Gasteiger partial charge in [0.15, 0.2) is 0 Å². The second kappa shape index (κ2) is 5.16. The predicted octanol–water partition coefficient (Wildman–Crippen LogP) is 3.18. The van der Waals surface area contributed by atoms with E-state index in [0.29, 0.717) is 18.5 Å². The summed E-state index contributed by atoms with van der Waals surface area (Å²) >= 11 is 0. The minimum Gasteiger partial charge on any atom is -0.311 e. The zero-order valence-electron chi connectivity index (χ0n) is 12.2. The largest absolute Gasteiger partial charge is 0.389 e. The van der Waals surface area contributed by atoms with Crippen molar-refractivity contribution in [3.63, 3.8) is 0 Å². The van der Waals surface area contributed by atoms with Crippen LogP contribution in [0.25, 0.3) is 0 Å². The van der Waals surface area contributed by atoms with Crippen molar-refractivity contribution in [3.8, 4) is 0 Å². The topological polar surface area (TPSA) is 15.3 Å². The molecule has 2 aliphatic carbocycles. The first kappa shape index (κ1) is 14.6. The van der Waals surface area contributed by atoms with E-state index in [4.69, 9.17) is 0 Å². The highest BCUT2D eigenvalue weighted by Crippen LogP contribution is 2.45. The predicted molar refractivity (Wildman–Crippen MR) is 72.5 cm³/mol. The fourth-order valence-electron chi connectivity index (χ4n) is 3.70. The molecule has 5 heteroatoms. The van der Waals surface area contributed by atoms with E-state index in [1.807, 2.05) is 0 Å². The first-order valence-corrected chi connectivity index (χ1v) is 7.94. The summed E-state index contributed by atoms with van der Waals surface area (Å²) in [5, 5.41) is 3.67. The van der Waals surface area contributed by atoms with E-state index in [0.717, 1.165) is 19.0 Å². The van der Waals surface area contributed by atoms with Gasteiger partial charge in [0.25, 0.3) is 0 Å². The van der Waals surface area contributed by atoms with E-state index < -0.39 is 12.6 Å². The lowest BCUT2D eigenvalue weighted by molar-refractivity contribution is -0.137. The number of halogens is 3. The van der Waals surface area contributed by atoms with Crippen molar-refractivity contribution in [2.24, 2.45) is 11.8 Å². The molecule has 0 aromatic heterocycles. The molecule has 2 atom stereocenters. The lowest BCUT2D eigenvalue weighted by atomic mass is 9.88. The molecule has 1 saturated heterocycles. The van der Waals surface area contributed by atoms with Crippen molar-refractivity contribution in [1.82, 2.24) is 10.2 Å². The Morgan fingerprint density at radius 2 is 1.90 bits per heavy atom. The Bertz CT molecular complexity index is 350. The van der Waals surface area contributed by atoms with Gasteiger partial charge < -0.3 is 5.32 Å². The summed E-state index contributed by atoms with van der Waals surface area (Å²) in [6.45, 7) is 4.73. The van der Waals surface area contributed by atoms with E-state index in [-0.39, 0.29) is 12.0 Å². The SMILES string of the molecule is CC1(C2CC2)CNC(C2CC2)CN1CCCC(F)(F)F. The standard InChI is InChI=1S/C15H25F3N2/c1-14(12-5-6-12)10-19-13(11-3-4-11)9-20(14)8-2-7-15(16,17)18/h11-13,19H,2-10H2,1H3. The van der Waals surface area contributed by atoms with Gasteiger partial charge in [-0.05, 0) is 57.4 Å². The minimum atomic E-state index is -4.01. The van der Waals surface area contributed by atoms with Gasteiger partial charge >= 0.3 is 6.18 Å². The van der Waals surface area contributed by atoms with Gasteiger partial charge in [-0.1, -0.05) is 0 Å². The zero-order chi connectivity index (χ0) is 14.4. The van der Waals surface area contributed by atoms with Crippen LogP contribution in [0, 0.1) is 11.8 Å². The first-order chi connectivity index (χ1) is 9.38. The molecule has 1 heterocycles. The third-order valence-electron chi connectivity index (χ3n) is 5.40. The van der Waals surface area contributed by atoms with Crippen LogP contribution in [0.2, 0.25) is 0 Å². The molecule has 116 valence electrons. The second-order valence-electron chi connectivity index (χ2n) is 7.12. The third kappa shape index (κ3) is 3.30. The molecule has 1 N–H and O–H groups in total.